The van der Waals surface area contributed by atoms with Gasteiger partial charge in [0.1, 0.15) is 12.4 Å². The van der Waals surface area contributed by atoms with Gasteiger partial charge >= 0.3 is 0 Å². The zero-order valence-electron chi connectivity index (χ0n) is 11.7. The lowest BCUT2D eigenvalue weighted by molar-refractivity contribution is 0.305. The minimum Gasteiger partial charge on any atom is -0.488 e. The summed E-state index contributed by atoms with van der Waals surface area (Å²) in [6.45, 7) is 2.53. The maximum atomic E-state index is 5.88. The molecule has 0 aliphatic carbocycles. The largest absolute Gasteiger partial charge is 0.488 e. The van der Waals surface area contributed by atoms with Crippen LogP contribution in [0.15, 0.2) is 53.6 Å². The fourth-order valence-corrected chi connectivity index (χ4v) is 1.83. The van der Waals surface area contributed by atoms with Crippen LogP contribution in [0.2, 0.25) is 0 Å². The van der Waals surface area contributed by atoms with E-state index in [9.17, 15) is 0 Å². The number of rotatable bonds is 5. The van der Waals surface area contributed by atoms with Crippen LogP contribution in [0.1, 0.15) is 16.7 Å². The topological polar surface area (TPSA) is 59.6 Å². The van der Waals surface area contributed by atoms with E-state index in [-0.39, 0.29) is 5.11 Å². The van der Waals surface area contributed by atoms with Crippen molar-refractivity contribution in [3.05, 3.63) is 65.2 Å². The highest BCUT2D eigenvalue weighted by Gasteiger charge is 2.03. The fourth-order valence-electron chi connectivity index (χ4n) is 1.77. The van der Waals surface area contributed by atoms with Crippen molar-refractivity contribution in [1.29, 1.82) is 0 Å². The van der Waals surface area contributed by atoms with Crippen LogP contribution in [-0.4, -0.2) is 11.3 Å². The van der Waals surface area contributed by atoms with Crippen LogP contribution in [-0.2, 0) is 6.61 Å². The monoisotopic (exact) mass is 299 g/mol. The first-order valence-corrected chi connectivity index (χ1v) is 6.92. The molecule has 0 heterocycles. The van der Waals surface area contributed by atoms with Crippen LogP contribution in [0, 0.1) is 6.92 Å². The molecule has 108 valence electrons. The number of aryl methyl sites for hydroxylation is 1. The number of hydrogen-bond acceptors (Lipinski definition) is 3. The molecule has 2 aromatic rings. The predicted molar refractivity (Wildman–Crippen MR) is 89.5 cm³/mol. The van der Waals surface area contributed by atoms with Gasteiger partial charge in [-0.05, 0) is 42.4 Å². The molecule has 0 unspecified atom stereocenters. The summed E-state index contributed by atoms with van der Waals surface area (Å²) in [5, 5.41) is 4.09. The Morgan fingerprint density at radius 1 is 1.29 bits per heavy atom. The van der Waals surface area contributed by atoms with Gasteiger partial charge in [0.15, 0.2) is 5.11 Å². The highest BCUT2D eigenvalue weighted by Crippen LogP contribution is 2.20. The quantitative estimate of drug-likeness (QED) is 0.506. The van der Waals surface area contributed by atoms with Gasteiger partial charge in [-0.25, -0.2) is 0 Å². The molecule has 0 radical (unpaired) electrons. The van der Waals surface area contributed by atoms with Crippen molar-refractivity contribution in [1.82, 2.24) is 5.43 Å². The van der Waals surface area contributed by atoms with Crippen molar-refractivity contribution in [3.63, 3.8) is 0 Å². The molecule has 0 atom stereocenters. The second-order valence-corrected chi connectivity index (χ2v) is 4.99. The molecule has 4 nitrogen and oxygen atoms in total. The molecular formula is C16H17N3OS. The molecule has 3 N–H and O–H groups in total. The molecule has 0 aromatic heterocycles. The lowest BCUT2D eigenvalue weighted by Crippen LogP contribution is -2.24. The summed E-state index contributed by atoms with van der Waals surface area (Å²) in [5.41, 5.74) is 11.0. The Balaban J connectivity index is 2.11. The highest BCUT2D eigenvalue weighted by atomic mass is 32.1. The van der Waals surface area contributed by atoms with Crippen LogP contribution < -0.4 is 15.9 Å². The second-order valence-electron chi connectivity index (χ2n) is 4.55. The Kier molecular flexibility index (Phi) is 5.29. The zero-order chi connectivity index (χ0) is 15.1. The molecule has 0 amide bonds. The van der Waals surface area contributed by atoms with Crippen molar-refractivity contribution in [3.8, 4) is 5.75 Å². The number of nitrogens with zero attached hydrogens (tertiary/aromatic N) is 1. The van der Waals surface area contributed by atoms with Gasteiger partial charge < -0.3 is 10.5 Å². The van der Waals surface area contributed by atoms with E-state index in [1.807, 2.05) is 55.5 Å². The predicted octanol–water partition coefficient (Wildman–Crippen LogP) is 2.74. The van der Waals surface area contributed by atoms with Crippen LogP contribution in [0.3, 0.4) is 0 Å². The van der Waals surface area contributed by atoms with Crippen molar-refractivity contribution in [2.45, 2.75) is 13.5 Å². The summed E-state index contributed by atoms with van der Waals surface area (Å²) in [5.74, 6) is 0.771. The third kappa shape index (κ3) is 4.89. The maximum Gasteiger partial charge on any atom is 0.184 e. The molecule has 0 aliphatic rings. The highest BCUT2D eigenvalue weighted by molar-refractivity contribution is 7.80. The third-order valence-electron chi connectivity index (χ3n) is 2.78. The van der Waals surface area contributed by atoms with E-state index >= 15 is 0 Å². The number of thiocarbonyl (C=S) groups is 1. The number of hydrazone groups is 1. The Labute approximate surface area is 129 Å². The second kappa shape index (κ2) is 7.40. The Bertz CT molecular complexity index is 641. The van der Waals surface area contributed by atoms with Gasteiger partial charge in [-0.3, -0.25) is 5.43 Å². The van der Waals surface area contributed by atoms with Gasteiger partial charge in [0.25, 0.3) is 0 Å². The van der Waals surface area contributed by atoms with E-state index in [4.69, 9.17) is 22.7 Å². The van der Waals surface area contributed by atoms with Gasteiger partial charge in [0.2, 0.25) is 0 Å². The van der Waals surface area contributed by atoms with Crippen molar-refractivity contribution >= 4 is 23.5 Å². The van der Waals surface area contributed by atoms with E-state index in [2.05, 4.69) is 10.5 Å². The van der Waals surface area contributed by atoms with Gasteiger partial charge in [0.05, 0.1) is 6.21 Å². The van der Waals surface area contributed by atoms with E-state index in [1.54, 1.807) is 6.21 Å². The Morgan fingerprint density at radius 3 is 2.76 bits per heavy atom. The Hall–Kier alpha value is -2.40. The molecule has 0 bridgehead atoms. The molecule has 0 spiro atoms. The lowest BCUT2D eigenvalue weighted by Gasteiger charge is -2.10. The molecular weight excluding hydrogens is 282 g/mol. The van der Waals surface area contributed by atoms with E-state index in [1.165, 1.54) is 0 Å². The summed E-state index contributed by atoms with van der Waals surface area (Å²) >= 11 is 4.70. The van der Waals surface area contributed by atoms with Crippen molar-refractivity contribution in [2.75, 3.05) is 0 Å². The van der Waals surface area contributed by atoms with E-state index < -0.39 is 0 Å². The zero-order valence-corrected chi connectivity index (χ0v) is 12.6. The first-order valence-electron chi connectivity index (χ1n) is 6.51. The molecule has 0 fully saturated rings. The minimum absolute atomic E-state index is 0.130. The normalized spacial score (nSPS) is 10.5. The Morgan fingerprint density at radius 2 is 2.05 bits per heavy atom. The standard InChI is InChI=1S/C16H17N3OS/c1-12-7-8-14(10-18-19-16(17)21)15(9-12)20-11-13-5-3-2-4-6-13/h2-10H,11H2,1H3,(H3,17,19,21). The number of hydrogen-bond donors (Lipinski definition) is 2. The first-order chi connectivity index (χ1) is 10.1. The summed E-state index contributed by atoms with van der Waals surface area (Å²) in [6.07, 6.45) is 1.64. The van der Waals surface area contributed by atoms with E-state index in [0.717, 1.165) is 22.4 Å². The lowest BCUT2D eigenvalue weighted by atomic mass is 10.1. The number of nitrogens with two attached hydrogens (primary N) is 1. The van der Waals surface area contributed by atoms with Gasteiger partial charge in [-0.1, -0.05) is 36.4 Å². The van der Waals surface area contributed by atoms with E-state index in [0.29, 0.717) is 6.61 Å². The molecule has 2 rings (SSSR count). The molecule has 21 heavy (non-hydrogen) atoms. The first kappa shape index (κ1) is 15.0. The van der Waals surface area contributed by atoms with Crippen LogP contribution in [0.5, 0.6) is 5.75 Å². The van der Waals surface area contributed by atoms with Gasteiger partial charge in [-0.2, -0.15) is 5.10 Å². The summed E-state index contributed by atoms with van der Waals surface area (Å²) in [4.78, 5) is 0. The van der Waals surface area contributed by atoms with Crippen molar-refractivity contribution < 1.29 is 4.74 Å². The average molecular weight is 299 g/mol. The number of benzene rings is 2. The smallest absolute Gasteiger partial charge is 0.184 e. The summed E-state index contributed by atoms with van der Waals surface area (Å²) in [7, 11) is 0. The average Bonchev–Trinajstić information content (AvgIpc) is 2.48. The number of nitrogens with one attached hydrogen (secondary N) is 1. The third-order valence-corrected chi connectivity index (χ3v) is 2.88. The van der Waals surface area contributed by atoms with Gasteiger partial charge in [0, 0.05) is 5.56 Å². The van der Waals surface area contributed by atoms with Crippen LogP contribution in [0.4, 0.5) is 0 Å². The summed E-state index contributed by atoms with van der Waals surface area (Å²) in [6, 6.07) is 15.9. The molecule has 0 saturated heterocycles. The van der Waals surface area contributed by atoms with Crippen LogP contribution in [0.25, 0.3) is 0 Å². The van der Waals surface area contributed by atoms with Gasteiger partial charge in [-0.15, -0.1) is 0 Å². The molecule has 0 saturated carbocycles. The molecule has 5 heteroatoms. The van der Waals surface area contributed by atoms with Crippen molar-refractivity contribution in [2.24, 2.45) is 10.8 Å². The number of ether oxygens (including phenoxy) is 1. The molecule has 2 aromatic carbocycles. The summed E-state index contributed by atoms with van der Waals surface area (Å²) < 4.78 is 5.88. The molecule has 0 aliphatic heterocycles. The fraction of sp³-hybridized carbons (Fsp3) is 0.125. The SMILES string of the molecule is Cc1ccc(C=NNC(N)=S)c(OCc2ccccc2)c1. The minimum atomic E-state index is 0.130. The van der Waals surface area contributed by atoms with Crippen LogP contribution >= 0.6 is 12.2 Å². The maximum absolute atomic E-state index is 5.88.